The van der Waals surface area contributed by atoms with E-state index in [0.29, 0.717) is 29.3 Å². The molecule has 1 aliphatic heterocycles. The summed E-state index contributed by atoms with van der Waals surface area (Å²) in [6.45, 7) is 9.97. The molecule has 2 aliphatic rings. The molecule has 0 bridgehead atoms. The third-order valence-electron chi connectivity index (χ3n) is 7.15. The molecule has 39 heavy (non-hydrogen) atoms. The zero-order valence-corrected chi connectivity index (χ0v) is 24.4. The van der Waals surface area contributed by atoms with Crippen molar-refractivity contribution in [3.63, 3.8) is 0 Å². The van der Waals surface area contributed by atoms with Gasteiger partial charge in [0.15, 0.2) is 0 Å². The van der Waals surface area contributed by atoms with E-state index in [0.717, 1.165) is 61.0 Å². The SMILES string of the molecule is Cc1cc2c(c(C)n1)CNC(=O)c1cc(Cl)cc(OC3CCC(NC(=O)OC(C)(C)C)CC3)c1C/C=C/CC2. The van der Waals surface area contributed by atoms with Crippen LogP contribution in [0.3, 0.4) is 0 Å². The molecule has 4 rings (SSSR count). The van der Waals surface area contributed by atoms with E-state index >= 15 is 0 Å². The summed E-state index contributed by atoms with van der Waals surface area (Å²) in [7, 11) is 0. The van der Waals surface area contributed by atoms with Crippen LogP contribution >= 0.6 is 11.6 Å². The molecule has 1 saturated carbocycles. The number of carbonyl (C=O) groups is 2. The van der Waals surface area contributed by atoms with Crippen LogP contribution in [0, 0.1) is 13.8 Å². The number of alkyl carbamates (subject to hydrolysis) is 1. The Kier molecular flexibility index (Phi) is 9.21. The Morgan fingerprint density at radius 3 is 2.54 bits per heavy atom. The topological polar surface area (TPSA) is 89.5 Å². The number of carbonyl (C=O) groups excluding carboxylic acids is 2. The first kappa shape index (κ1) is 28.9. The number of ether oxygens (including phenoxy) is 2. The minimum atomic E-state index is -0.525. The van der Waals surface area contributed by atoms with E-state index in [-0.39, 0.29) is 24.1 Å². The fraction of sp³-hybridized carbons (Fsp3) is 0.516. The van der Waals surface area contributed by atoms with Crippen molar-refractivity contribution >= 4 is 23.6 Å². The Balaban J connectivity index is 1.49. The highest BCUT2D eigenvalue weighted by Gasteiger charge is 2.27. The minimum absolute atomic E-state index is 0.0264. The number of aromatic nitrogens is 1. The molecule has 0 unspecified atom stereocenters. The summed E-state index contributed by atoms with van der Waals surface area (Å²) in [5, 5.41) is 6.54. The summed E-state index contributed by atoms with van der Waals surface area (Å²) in [5.41, 5.74) is 5.06. The number of allylic oxidation sites excluding steroid dienone is 2. The average molecular weight is 554 g/mol. The van der Waals surface area contributed by atoms with E-state index in [9.17, 15) is 9.59 Å². The van der Waals surface area contributed by atoms with Crippen molar-refractivity contribution in [3.05, 3.63) is 69.0 Å². The van der Waals surface area contributed by atoms with E-state index < -0.39 is 5.60 Å². The monoisotopic (exact) mass is 553 g/mol. The highest BCUT2D eigenvalue weighted by Crippen LogP contribution is 2.33. The molecule has 0 saturated heterocycles. The molecule has 0 atom stereocenters. The van der Waals surface area contributed by atoms with Crippen LogP contribution in [-0.2, 0) is 24.1 Å². The number of hydrogen-bond acceptors (Lipinski definition) is 5. The smallest absolute Gasteiger partial charge is 0.407 e. The summed E-state index contributed by atoms with van der Waals surface area (Å²) in [4.78, 5) is 30.2. The van der Waals surface area contributed by atoms with Crippen LogP contribution in [0.5, 0.6) is 5.75 Å². The number of amides is 2. The molecule has 2 aromatic rings. The van der Waals surface area contributed by atoms with Gasteiger partial charge in [0.1, 0.15) is 11.4 Å². The normalized spacial score (nSPS) is 20.8. The van der Waals surface area contributed by atoms with Crippen LogP contribution in [0.25, 0.3) is 0 Å². The maximum absolute atomic E-state index is 13.4. The lowest BCUT2D eigenvalue weighted by Crippen LogP contribution is -2.42. The van der Waals surface area contributed by atoms with Gasteiger partial charge in [0.25, 0.3) is 5.91 Å². The Hall–Kier alpha value is -3.06. The van der Waals surface area contributed by atoms with E-state index in [1.165, 1.54) is 5.56 Å². The molecule has 0 radical (unpaired) electrons. The first-order valence-electron chi connectivity index (χ1n) is 13.9. The Morgan fingerprint density at radius 1 is 1.08 bits per heavy atom. The molecule has 210 valence electrons. The molecule has 1 aliphatic carbocycles. The van der Waals surface area contributed by atoms with E-state index in [1.54, 1.807) is 6.07 Å². The Labute approximate surface area is 236 Å². The second-order valence-corrected chi connectivity index (χ2v) is 12.0. The van der Waals surface area contributed by atoms with E-state index in [1.807, 2.05) is 40.7 Å². The molecular formula is C31H40ClN3O4. The summed E-state index contributed by atoms with van der Waals surface area (Å²) in [6.07, 6.45) is 9.38. The Morgan fingerprint density at radius 2 is 1.82 bits per heavy atom. The fourth-order valence-corrected chi connectivity index (χ4v) is 5.54. The number of halogens is 1. The van der Waals surface area contributed by atoms with E-state index in [2.05, 4.69) is 33.8 Å². The van der Waals surface area contributed by atoms with Crippen LogP contribution in [0.4, 0.5) is 4.79 Å². The summed E-state index contributed by atoms with van der Waals surface area (Å²) in [5.74, 6) is 0.467. The molecule has 2 amide bonds. The number of nitrogens with zero attached hydrogens (tertiary/aromatic N) is 1. The highest BCUT2D eigenvalue weighted by atomic mass is 35.5. The van der Waals surface area contributed by atoms with Crippen LogP contribution in [0.15, 0.2) is 30.4 Å². The Bertz CT molecular complexity index is 1240. The zero-order valence-electron chi connectivity index (χ0n) is 23.7. The number of fused-ring (bicyclic) bond motifs is 2. The molecule has 1 fully saturated rings. The predicted octanol–water partition coefficient (Wildman–Crippen LogP) is 6.54. The maximum atomic E-state index is 13.4. The number of benzene rings is 1. The van der Waals surface area contributed by atoms with Gasteiger partial charge in [-0.15, -0.1) is 0 Å². The van der Waals surface area contributed by atoms with Crippen LogP contribution in [0.1, 0.15) is 91.3 Å². The van der Waals surface area contributed by atoms with Gasteiger partial charge in [-0.25, -0.2) is 4.79 Å². The predicted molar refractivity (Wildman–Crippen MR) is 154 cm³/mol. The molecule has 0 spiro atoms. The van der Waals surface area contributed by atoms with Crippen molar-refractivity contribution < 1.29 is 19.1 Å². The zero-order chi connectivity index (χ0) is 28.2. The average Bonchev–Trinajstić information content (AvgIpc) is 2.83. The maximum Gasteiger partial charge on any atom is 0.407 e. The van der Waals surface area contributed by atoms with Crippen molar-refractivity contribution in [2.45, 2.75) is 104 Å². The third-order valence-corrected chi connectivity index (χ3v) is 7.37. The van der Waals surface area contributed by atoms with Crippen molar-refractivity contribution in [1.29, 1.82) is 0 Å². The number of nitrogens with one attached hydrogen (secondary N) is 2. The largest absolute Gasteiger partial charge is 0.490 e. The van der Waals surface area contributed by atoms with Crippen molar-refractivity contribution in [1.82, 2.24) is 15.6 Å². The van der Waals surface area contributed by atoms with Gasteiger partial charge in [0, 0.05) is 40.1 Å². The van der Waals surface area contributed by atoms with Gasteiger partial charge in [-0.1, -0.05) is 23.8 Å². The van der Waals surface area contributed by atoms with Crippen LogP contribution in [-0.4, -0.2) is 34.7 Å². The molecule has 1 aromatic carbocycles. The van der Waals surface area contributed by atoms with Crippen molar-refractivity contribution in [2.24, 2.45) is 0 Å². The molecule has 8 heteroatoms. The standard InChI is InChI=1S/C31H40ClN3O4/c1-19-15-21-9-7-6-8-10-25-26(29(36)33-18-27(21)20(2)34-19)16-22(32)17-28(25)38-24-13-11-23(12-14-24)35-30(37)39-31(3,4)5/h6,8,15-17,23-24H,7,9-14,18H2,1-5H3,(H,33,36)(H,35,37)/b8-6+. The lowest BCUT2D eigenvalue weighted by molar-refractivity contribution is 0.0470. The van der Waals surface area contributed by atoms with E-state index in [4.69, 9.17) is 21.1 Å². The number of rotatable bonds is 3. The first-order valence-corrected chi connectivity index (χ1v) is 14.2. The third kappa shape index (κ3) is 7.98. The second-order valence-electron chi connectivity index (χ2n) is 11.6. The number of aryl methyl sites for hydroxylation is 3. The quantitative estimate of drug-likeness (QED) is 0.421. The van der Waals surface area contributed by atoms with Gasteiger partial charge in [-0.05, 0) is 109 Å². The highest BCUT2D eigenvalue weighted by molar-refractivity contribution is 6.31. The molecular weight excluding hydrogens is 514 g/mol. The number of hydrogen-bond donors (Lipinski definition) is 2. The number of pyridine rings is 1. The first-order chi connectivity index (χ1) is 18.5. The minimum Gasteiger partial charge on any atom is -0.490 e. The molecule has 7 nitrogen and oxygen atoms in total. The van der Waals surface area contributed by atoms with Crippen LogP contribution < -0.4 is 15.4 Å². The molecule has 2 heterocycles. The van der Waals surface area contributed by atoms with Gasteiger partial charge in [-0.2, -0.15) is 0 Å². The summed E-state index contributed by atoms with van der Waals surface area (Å²) >= 11 is 6.50. The van der Waals surface area contributed by atoms with Crippen LogP contribution in [0.2, 0.25) is 5.02 Å². The fourth-order valence-electron chi connectivity index (χ4n) is 5.33. The lowest BCUT2D eigenvalue weighted by atomic mass is 9.92. The lowest BCUT2D eigenvalue weighted by Gasteiger charge is -2.31. The summed E-state index contributed by atoms with van der Waals surface area (Å²) < 4.78 is 11.9. The van der Waals surface area contributed by atoms with Crippen molar-refractivity contribution in [3.8, 4) is 5.75 Å². The van der Waals surface area contributed by atoms with Gasteiger partial charge in [0.2, 0.25) is 0 Å². The van der Waals surface area contributed by atoms with Crippen molar-refractivity contribution in [2.75, 3.05) is 0 Å². The van der Waals surface area contributed by atoms with Gasteiger partial charge in [-0.3, -0.25) is 9.78 Å². The van der Waals surface area contributed by atoms with Gasteiger partial charge in [0.05, 0.1) is 6.10 Å². The van der Waals surface area contributed by atoms with Gasteiger partial charge >= 0.3 is 6.09 Å². The summed E-state index contributed by atoms with van der Waals surface area (Å²) in [6, 6.07) is 5.70. The van der Waals surface area contributed by atoms with Gasteiger partial charge < -0.3 is 20.1 Å². The second kappa shape index (κ2) is 12.4. The molecule has 2 N–H and O–H groups in total. The molecule has 1 aromatic heterocycles.